The topological polar surface area (TPSA) is 39.2 Å². The highest BCUT2D eigenvalue weighted by molar-refractivity contribution is 8.01. The van der Waals surface area contributed by atoms with Crippen LogP contribution in [-0.4, -0.2) is 23.8 Å². The predicted octanol–water partition coefficient (Wildman–Crippen LogP) is 3.33. The Morgan fingerprint density at radius 2 is 2.33 bits per heavy atom. The first-order valence-electron chi connectivity index (χ1n) is 4.42. The molecule has 1 rings (SSSR count). The summed E-state index contributed by atoms with van der Waals surface area (Å²) in [5, 5.41) is 0.234. The molecule has 0 N–H and O–H groups in total. The zero-order valence-electron chi connectivity index (χ0n) is 8.74. The molecule has 1 aromatic heterocycles. The first-order chi connectivity index (χ1) is 7.04. The molecule has 0 aromatic carbocycles. The minimum absolute atomic E-state index is 0.234. The molecule has 0 unspecified atom stereocenters. The Kier molecular flexibility index (Phi) is 4.89. The van der Waals surface area contributed by atoms with Gasteiger partial charge in [0.2, 0.25) is 0 Å². The average Bonchev–Trinajstić information content (AvgIpc) is 2.55. The van der Waals surface area contributed by atoms with Crippen LogP contribution in [0.5, 0.6) is 0 Å². The van der Waals surface area contributed by atoms with Crippen molar-refractivity contribution in [1.29, 1.82) is 0 Å². The Labute approximate surface area is 102 Å². The number of thioether (sulfide) groups is 1. The summed E-state index contributed by atoms with van der Waals surface area (Å²) < 4.78 is 5.41. The number of esters is 1. The van der Waals surface area contributed by atoms with Crippen LogP contribution in [0, 0.1) is 5.92 Å². The lowest BCUT2D eigenvalue weighted by Crippen LogP contribution is -1.98. The maximum absolute atomic E-state index is 11.2. The molecule has 6 heteroatoms. The smallest absolute Gasteiger partial charge is 0.351 e. The lowest BCUT2D eigenvalue weighted by Gasteiger charge is -1.99. The van der Waals surface area contributed by atoms with Crippen molar-refractivity contribution in [3.63, 3.8) is 0 Å². The van der Waals surface area contributed by atoms with Crippen LogP contribution in [0.2, 0.25) is 5.15 Å². The minimum Gasteiger partial charge on any atom is -0.465 e. The molecule has 0 amide bonds. The van der Waals surface area contributed by atoms with Gasteiger partial charge in [-0.2, -0.15) is 0 Å². The van der Waals surface area contributed by atoms with Gasteiger partial charge in [0, 0.05) is 5.75 Å². The van der Waals surface area contributed by atoms with E-state index in [4.69, 9.17) is 11.6 Å². The standard InChI is InChI=1S/C9H12ClNO2S2/c1-5(2)4-14-9-11-7(10)6(15-9)8(12)13-3/h5H,4H2,1-3H3. The Hall–Kier alpha value is -0.260. The number of hydrogen-bond donors (Lipinski definition) is 0. The second-order valence-corrected chi connectivity index (χ2v) is 5.92. The first kappa shape index (κ1) is 12.8. The van der Waals surface area contributed by atoms with Gasteiger partial charge in [-0.1, -0.05) is 48.5 Å². The molecule has 0 radical (unpaired) electrons. The van der Waals surface area contributed by atoms with Gasteiger partial charge in [-0.25, -0.2) is 9.78 Å². The van der Waals surface area contributed by atoms with Gasteiger partial charge in [-0.15, -0.1) is 0 Å². The highest BCUT2D eigenvalue weighted by Gasteiger charge is 2.17. The molecule has 1 heterocycles. The summed E-state index contributed by atoms with van der Waals surface area (Å²) in [5.74, 6) is 1.12. The maximum atomic E-state index is 11.2. The van der Waals surface area contributed by atoms with Crippen molar-refractivity contribution in [3.05, 3.63) is 10.0 Å². The second kappa shape index (κ2) is 5.72. The molecule has 84 valence electrons. The number of carbonyl (C=O) groups excluding carboxylic acids is 1. The summed E-state index contributed by atoms with van der Waals surface area (Å²) in [4.78, 5) is 15.7. The van der Waals surface area contributed by atoms with Crippen LogP contribution < -0.4 is 0 Å². The van der Waals surface area contributed by atoms with Crippen molar-refractivity contribution in [1.82, 2.24) is 4.98 Å². The lowest BCUT2D eigenvalue weighted by atomic mass is 10.3. The third-order valence-corrected chi connectivity index (χ3v) is 4.47. The zero-order valence-corrected chi connectivity index (χ0v) is 11.1. The van der Waals surface area contributed by atoms with E-state index in [-0.39, 0.29) is 5.15 Å². The maximum Gasteiger partial charge on any atom is 0.351 e. The molecule has 0 bridgehead atoms. The fourth-order valence-corrected chi connectivity index (χ4v) is 3.11. The molecule has 3 nitrogen and oxygen atoms in total. The number of methoxy groups -OCH3 is 1. The molecule has 1 aromatic rings. The van der Waals surface area contributed by atoms with Crippen molar-refractivity contribution < 1.29 is 9.53 Å². The van der Waals surface area contributed by atoms with E-state index in [2.05, 4.69) is 23.6 Å². The summed E-state index contributed by atoms with van der Waals surface area (Å²) in [6.45, 7) is 4.26. The van der Waals surface area contributed by atoms with Crippen LogP contribution >= 0.6 is 34.7 Å². The fourth-order valence-electron chi connectivity index (χ4n) is 0.801. The normalized spacial score (nSPS) is 10.7. The highest BCUT2D eigenvalue weighted by atomic mass is 35.5. The first-order valence-corrected chi connectivity index (χ1v) is 6.60. The predicted molar refractivity (Wildman–Crippen MR) is 64.0 cm³/mol. The van der Waals surface area contributed by atoms with E-state index in [9.17, 15) is 4.79 Å². The minimum atomic E-state index is -0.422. The van der Waals surface area contributed by atoms with Crippen LogP contribution in [0.3, 0.4) is 0 Å². The van der Waals surface area contributed by atoms with Gasteiger partial charge in [0.05, 0.1) is 7.11 Å². The largest absolute Gasteiger partial charge is 0.465 e. The molecular weight excluding hydrogens is 254 g/mol. The van der Waals surface area contributed by atoms with E-state index in [0.717, 1.165) is 10.1 Å². The number of halogens is 1. The monoisotopic (exact) mass is 265 g/mol. The molecule has 0 fully saturated rings. The quantitative estimate of drug-likeness (QED) is 0.618. The van der Waals surface area contributed by atoms with Crippen LogP contribution in [-0.2, 0) is 4.74 Å². The van der Waals surface area contributed by atoms with Crippen molar-refractivity contribution >= 4 is 40.7 Å². The lowest BCUT2D eigenvalue weighted by molar-refractivity contribution is 0.0606. The van der Waals surface area contributed by atoms with Gasteiger partial charge in [0.15, 0.2) is 14.4 Å². The Morgan fingerprint density at radius 1 is 1.67 bits per heavy atom. The van der Waals surface area contributed by atoms with Crippen molar-refractivity contribution in [3.8, 4) is 0 Å². The van der Waals surface area contributed by atoms with Gasteiger partial charge in [0.25, 0.3) is 0 Å². The summed E-state index contributed by atoms with van der Waals surface area (Å²) in [6, 6.07) is 0. The molecule has 0 saturated carbocycles. The molecule has 0 aliphatic rings. The van der Waals surface area contributed by atoms with E-state index >= 15 is 0 Å². The number of nitrogens with zero attached hydrogens (tertiary/aromatic N) is 1. The van der Waals surface area contributed by atoms with E-state index in [1.807, 2.05) is 0 Å². The number of ether oxygens (including phenoxy) is 1. The van der Waals surface area contributed by atoms with Gasteiger partial charge in [-0.05, 0) is 5.92 Å². The van der Waals surface area contributed by atoms with Gasteiger partial charge in [0.1, 0.15) is 0 Å². The van der Waals surface area contributed by atoms with Crippen molar-refractivity contribution in [2.75, 3.05) is 12.9 Å². The number of hydrogen-bond acceptors (Lipinski definition) is 5. The molecule has 0 aliphatic heterocycles. The van der Waals surface area contributed by atoms with Gasteiger partial charge < -0.3 is 4.74 Å². The second-order valence-electron chi connectivity index (χ2n) is 3.30. The summed E-state index contributed by atoms with van der Waals surface area (Å²) in [6.07, 6.45) is 0. The van der Waals surface area contributed by atoms with Crippen LogP contribution in [0.4, 0.5) is 0 Å². The van der Waals surface area contributed by atoms with E-state index in [1.54, 1.807) is 11.8 Å². The van der Waals surface area contributed by atoms with E-state index < -0.39 is 5.97 Å². The molecule has 0 saturated heterocycles. The van der Waals surface area contributed by atoms with Crippen LogP contribution in [0.25, 0.3) is 0 Å². The van der Waals surface area contributed by atoms with Crippen molar-refractivity contribution in [2.24, 2.45) is 5.92 Å². The Morgan fingerprint density at radius 3 is 2.87 bits per heavy atom. The van der Waals surface area contributed by atoms with Crippen LogP contribution in [0.1, 0.15) is 23.5 Å². The van der Waals surface area contributed by atoms with Crippen LogP contribution in [0.15, 0.2) is 4.34 Å². The molecule has 0 aliphatic carbocycles. The highest BCUT2D eigenvalue weighted by Crippen LogP contribution is 2.31. The van der Waals surface area contributed by atoms with Crippen molar-refractivity contribution in [2.45, 2.75) is 18.2 Å². The number of carbonyl (C=O) groups is 1. The average molecular weight is 266 g/mol. The van der Waals surface area contributed by atoms with Gasteiger partial charge in [-0.3, -0.25) is 0 Å². The molecule has 15 heavy (non-hydrogen) atoms. The Bertz CT molecular complexity index is 352. The molecular formula is C9H12ClNO2S2. The zero-order chi connectivity index (χ0) is 11.4. The number of rotatable bonds is 4. The summed E-state index contributed by atoms with van der Waals surface area (Å²) in [7, 11) is 1.33. The SMILES string of the molecule is COC(=O)c1sc(SCC(C)C)nc1Cl. The van der Waals surface area contributed by atoms with E-state index in [1.165, 1.54) is 18.4 Å². The summed E-state index contributed by atoms with van der Waals surface area (Å²) >= 11 is 8.71. The third kappa shape index (κ3) is 3.66. The van der Waals surface area contributed by atoms with Gasteiger partial charge >= 0.3 is 5.97 Å². The molecule has 0 spiro atoms. The Balaban J connectivity index is 2.72. The third-order valence-electron chi connectivity index (χ3n) is 1.48. The summed E-state index contributed by atoms with van der Waals surface area (Å²) in [5.41, 5.74) is 0. The van der Waals surface area contributed by atoms with E-state index in [0.29, 0.717) is 10.8 Å². The molecule has 0 atom stereocenters. The fraction of sp³-hybridized carbons (Fsp3) is 0.556. The number of aromatic nitrogens is 1. The number of thiazole rings is 1.